The zero-order valence-electron chi connectivity index (χ0n) is 12.6. The van der Waals surface area contributed by atoms with E-state index in [1.165, 1.54) is 55.8 Å². The van der Waals surface area contributed by atoms with Crippen LogP contribution in [0.1, 0.15) is 15.9 Å². The average molecular weight is 336 g/mol. The number of phenols is 1. The molecule has 2 N–H and O–H groups in total. The highest BCUT2D eigenvalue weighted by molar-refractivity contribution is 5.95. The van der Waals surface area contributed by atoms with Crippen molar-refractivity contribution in [2.45, 2.75) is 6.61 Å². The van der Waals surface area contributed by atoms with Crippen molar-refractivity contribution in [2.24, 2.45) is 5.10 Å². The normalized spacial score (nSPS) is 10.8. The number of hydrogen-bond acceptors (Lipinski definition) is 5. The van der Waals surface area contributed by atoms with Crippen LogP contribution in [0.15, 0.2) is 47.6 Å². The molecule has 0 heterocycles. The largest absolute Gasteiger partial charge is 0.508 e. The zero-order chi connectivity index (χ0) is 17.5. The highest BCUT2D eigenvalue weighted by Gasteiger charge is 2.10. The van der Waals surface area contributed by atoms with Crippen LogP contribution in [0.4, 0.5) is 8.78 Å². The minimum absolute atomic E-state index is 0.0361. The Bertz CT molecular complexity index is 751. The van der Waals surface area contributed by atoms with E-state index in [0.29, 0.717) is 5.56 Å². The molecule has 0 bridgehead atoms. The lowest BCUT2D eigenvalue weighted by atomic mass is 10.2. The Hall–Kier alpha value is -3.16. The molecule has 6 nitrogen and oxygen atoms in total. The SMILES string of the molecule is COc1cc(/C=N\NC(=O)c2cccc(O)c2)ccc1OC(F)F. The van der Waals surface area contributed by atoms with E-state index in [-0.39, 0.29) is 22.8 Å². The minimum Gasteiger partial charge on any atom is -0.508 e. The van der Waals surface area contributed by atoms with E-state index in [1.54, 1.807) is 0 Å². The van der Waals surface area contributed by atoms with Gasteiger partial charge in [-0.2, -0.15) is 13.9 Å². The van der Waals surface area contributed by atoms with Crippen LogP contribution in [0.2, 0.25) is 0 Å². The standard InChI is InChI=1S/C16H14F2N2O4/c1-23-14-7-10(5-6-13(14)24-16(17)18)9-19-20-15(22)11-3-2-4-12(21)8-11/h2-9,16,21H,1H3,(H,20,22)/b19-9-. The second kappa shape index (κ2) is 7.91. The van der Waals surface area contributed by atoms with Gasteiger partial charge < -0.3 is 14.6 Å². The fourth-order valence-corrected chi connectivity index (χ4v) is 1.83. The summed E-state index contributed by atoms with van der Waals surface area (Å²) in [6, 6.07) is 10.00. The molecule has 2 rings (SSSR count). The first kappa shape index (κ1) is 17.2. The van der Waals surface area contributed by atoms with Crippen LogP contribution in [0.3, 0.4) is 0 Å². The summed E-state index contributed by atoms with van der Waals surface area (Å²) in [5.74, 6) is -0.537. The molecule has 0 atom stereocenters. The molecule has 0 unspecified atom stereocenters. The lowest BCUT2D eigenvalue weighted by molar-refractivity contribution is -0.0512. The average Bonchev–Trinajstić information content (AvgIpc) is 2.55. The second-order valence-corrected chi connectivity index (χ2v) is 4.54. The van der Waals surface area contributed by atoms with Crippen LogP contribution >= 0.6 is 0 Å². The van der Waals surface area contributed by atoms with Gasteiger partial charge in [0.25, 0.3) is 5.91 Å². The van der Waals surface area contributed by atoms with E-state index in [0.717, 1.165) is 0 Å². The van der Waals surface area contributed by atoms with E-state index in [1.807, 2.05) is 0 Å². The van der Waals surface area contributed by atoms with Gasteiger partial charge in [-0.05, 0) is 42.0 Å². The summed E-state index contributed by atoms with van der Waals surface area (Å²) < 4.78 is 33.8. The van der Waals surface area contributed by atoms with Gasteiger partial charge in [0.05, 0.1) is 13.3 Å². The molecule has 0 aliphatic carbocycles. The van der Waals surface area contributed by atoms with Gasteiger partial charge in [-0.25, -0.2) is 5.43 Å². The molecule has 0 saturated carbocycles. The Morgan fingerprint density at radius 2 is 2.04 bits per heavy atom. The number of amides is 1. The van der Waals surface area contributed by atoms with Crippen molar-refractivity contribution in [3.05, 3.63) is 53.6 Å². The van der Waals surface area contributed by atoms with Crippen LogP contribution in [0.5, 0.6) is 17.2 Å². The number of hydrazone groups is 1. The first-order valence-electron chi connectivity index (χ1n) is 6.75. The molecule has 1 amide bonds. The molecular weight excluding hydrogens is 322 g/mol. The number of ether oxygens (including phenoxy) is 2. The van der Waals surface area contributed by atoms with Crippen LogP contribution < -0.4 is 14.9 Å². The molecule has 0 spiro atoms. The number of halogens is 2. The van der Waals surface area contributed by atoms with E-state index >= 15 is 0 Å². The molecule has 126 valence electrons. The van der Waals surface area contributed by atoms with Crippen LogP contribution in [-0.4, -0.2) is 30.9 Å². The first-order valence-corrected chi connectivity index (χ1v) is 6.75. The third-order valence-electron chi connectivity index (χ3n) is 2.89. The van der Waals surface area contributed by atoms with E-state index < -0.39 is 12.5 Å². The molecular formula is C16H14F2N2O4. The Kier molecular flexibility index (Phi) is 5.67. The highest BCUT2D eigenvalue weighted by Crippen LogP contribution is 2.28. The third-order valence-corrected chi connectivity index (χ3v) is 2.89. The molecule has 2 aromatic rings. The number of carbonyl (C=O) groups excluding carboxylic acids is 1. The maximum absolute atomic E-state index is 12.2. The first-order chi connectivity index (χ1) is 11.5. The van der Waals surface area contributed by atoms with Gasteiger partial charge in [0.1, 0.15) is 5.75 Å². The van der Waals surface area contributed by atoms with Crippen molar-refractivity contribution < 1.29 is 28.2 Å². The molecule has 8 heteroatoms. The summed E-state index contributed by atoms with van der Waals surface area (Å²) in [4.78, 5) is 11.8. The van der Waals surface area contributed by atoms with Crippen molar-refractivity contribution in [1.82, 2.24) is 5.43 Å². The van der Waals surface area contributed by atoms with E-state index in [4.69, 9.17) is 4.74 Å². The lowest BCUT2D eigenvalue weighted by Crippen LogP contribution is -2.17. The predicted molar refractivity (Wildman–Crippen MR) is 82.8 cm³/mol. The summed E-state index contributed by atoms with van der Waals surface area (Å²) >= 11 is 0. The van der Waals surface area contributed by atoms with Crippen molar-refractivity contribution in [1.29, 1.82) is 0 Å². The number of rotatable bonds is 6. The molecule has 0 saturated heterocycles. The summed E-state index contributed by atoms with van der Waals surface area (Å²) in [7, 11) is 1.32. The molecule has 0 aliphatic rings. The Balaban J connectivity index is 2.05. The van der Waals surface area contributed by atoms with Crippen LogP contribution in [0.25, 0.3) is 0 Å². The Morgan fingerprint density at radius 3 is 2.71 bits per heavy atom. The third kappa shape index (κ3) is 4.67. The maximum Gasteiger partial charge on any atom is 0.387 e. The topological polar surface area (TPSA) is 80.2 Å². The van der Waals surface area contributed by atoms with Gasteiger partial charge in [-0.3, -0.25) is 4.79 Å². The summed E-state index contributed by atoms with van der Waals surface area (Å²) in [5, 5.41) is 13.1. The molecule has 0 fully saturated rings. The van der Waals surface area contributed by atoms with Crippen molar-refractivity contribution in [3.8, 4) is 17.2 Å². The molecule has 24 heavy (non-hydrogen) atoms. The van der Waals surface area contributed by atoms with Gasteiger partial charge in [0, 0.05) is 5.56 Å². The maximum atomic E-state index is 12.2. The predicted octanol–water partition coefficient (Wildman–Crippen LogP) is 2.77. The van der Waals surface area contributed by atoms with Gasteiger partial charge in [-0.1, -0.05) is 6.07 Å². The zero-order valence-corrected chi connectivity index (χ0v) is 12.6. The number of aromatic hydroxyl groups is 1. The Labute approximate surface area is 136 Å². The number of methoxy groups -OCH3 is 1. The van der Waals surface area contributed by atoms with Crippen molar-refractivity contribution in [2.75, 3.05) is 7.11 Å². The fraction of sp³-hybridized carbons (Fsp3) is 0.125. The van der Waals surface area contributed by atoms with Gasteiger partial charge in [0.15, 0.2) is 11.5 Å². The van der Waals surface area contributed by atoms with Gasteiger partial charge >= 0.3 is 6.61 Å². The summed E-state index contributed by atoms with van der Waals surface area (Å²) in [6.07, 6.45) is 1.31. The minimum atomic E-state index is -2.96. The Morgan fingerprint density at radius 1 is 1.25 bits per heavy atom. The number of nitrogens with zero attached hydrogens (tertiary/aromatic N) is 1. The quantitative estimate of drug-likeness (QED) is 0.628. The summed E-state index contributed by atoms with van der Waals surface area (Å²) in [5.41, 5.74) is 3.03. The number of carbonyl (C=O) groups is 1. The van der Waals surface area contributed by atoms with Crippen LogP contribution in [0, 0.1) is 0 Å². The number of phenolic OH excluding ortho intramolecular Hbond substituents is 1. The smallest absolute Gasteiger partial charge is 0.387 e. The van der Waals surface area contributed by atoms with Crippen molar-refractivity contribution >= 4 is 12.1 Å². The number of benzene rings is 2. The molecule has 2 aromatic carbocycles. The number of alkyl halides is 2. The van der Waals surface area contributed by atoms with Gasteiger partial charge in [-0.15, -0.1) is 0 Å². The van der Waals surface area contributed by atoms with E-state index in [2.05, 4.69) is 15.3 Å². The lowest BCUT2D eigenvalue weighted by Gasteiger charge is -2.09. The van der Waals surface area contributed by atoms with E-state index in [9.17, 15) is 18.7 Å². The highest BCUT2D eigenvalue weighted by atomic mass is 19.3. The summed E-state index contributed by atoms with van der Waals surface area (Å²) in [6.45, 7) is -2.96. The van der Waals surface area contributed by atoms with Gasteiger partial charge in [0.2, 0.25) is 0 Å². The monoisotopic (exact) mass is 336 g/mol. The molecule has 0 radical (unpaired) electrons. The van der Waals surface area contributed by atoms with Crippen LogP contribution in [-0.2, 0) is 0 Å². The fourth-order valence-electron chi connectivity index (χ4n) is 1.83. The second-order valence-electron chi connectivity index (χ2n) is 4.54. The molecule has 0 aliphatic heterocycles. The number of nitrogens with one attached hydrogen (secondary N) is 1. The molecule has 0 aromatic heterocycles. The van der Waals surface area contributed by atoms with Crippen molar-refractivity contribution in [3.63, 3.8) is 0 Å². The number of hydrogen-bond donors (Lipinski definition) is 2.